The number of aromatic nitrogens is 2. The van der Waals surface area contributed by atoms with Gasteiger partial charge in [0, 0.05) is 10.6 Å². The molecule has 1 heterocycles. The molecule has 144 valence electrons. The van der Waals surface area contributed by atoms with Crippen molar-refractivity contribution in [1.29, 1.82) is 0 Å². The number of aryl methyl sites for hydroxylation is 1. The molecule has 1 aromatic carbocycles. The maximum Gasteiger partial charge on any atom is 0.360 e. The van der Waals surface area contributed by atoms with E-state index in [0.29, 0.717) is 10.6 Å². The van der Waals surface area contributed by atoms with Crippen LogP contribution in [0.3, 0.4) is 0 Å². The first-order chi connectivity index (χ1) is 12.8. The lowest BCUT2D eigenvalue weighted by Crippen LogP contribution is -2.19. The van der Waals surface area contributed by atoms with Crippen molar-refractivity contribution >= 4 is 40.9 Å². The van der Waals surface area contributed by atoms with Gasteiger partial charge in [-0.3, -0.25) is 4.79 Å². The summed E-state index contributed by atoms with van der Waals surface area (Å²) in [4.78, 5) is 36.9. The van der Waals surface area contributed by atoms with Crippen LogP contribution in [0.2, 0.25) is 10.0 Å². The predicted molar refractivity (Wildman–Crippen MR) is 99.7 cm³/mol. The molecule has 7 nitrogen and oxygen atoms in total. The van der Waals surface area contributed by atoms with Crippen LogP contribution in [-0.2, 0) is 16.0 Å². The van der Waals surface area contributed by atoms with Gasteiger partial charge in [0.25, 0.3) is 0 Å². The van der Waals surface area contributed by atoms with Crippen molar-refractivity contribution in [2.75, 3.05) is 13.2 Å². The van der Waals surface area contributed by atoms with E-state index in [4.69, 9.17) is 32.7 Å². The van der Waals surface area contributed by atoms with Gasteiger partial charge in [-0.25, -0.2) is 14.3 Å². The SMILES string of the molecule is CCOC(=O)c1nn(CC(=O)c2ccc(Cl)c(C)c2)c(C(=O)OCC)c1Cl. The van der Waals surface area contributed by atoms with E-state index < -0.39 is 11.9 Å². The van der Waals surface area contributed by atoms with E-state index in [-0.39, 0.29) is 42.0 Å². The Kier molecular flexibility index (Phi) is 6.98. The molecular formula is C18H18Cl2N2O5. The lowest BCUT2D eigenvalue weighted by molar-refractivity contribution is 0.0505. The number of nitrogens with zero attached hydrogens (tertiary/aromatic N) is 2. The van der Waals surface area contributed by atoms with Gasteiger partial charge in [-0.15, -0.1) is 0 Å². The summed E-state index contributed by atoms with van der Waals surface area (Å²) in [6.07, 6.45) is 0. The van der Waals surface area contributed by atoms with E-state index in [1.807, 2.05) is 0 Å². The number of Topliss-reactive ketones (excluding diaryl/α,β-unsaturated/α-hetero) is 1. The molecule has 0 fully saturated rings. The van der Waals surface area contributed by atoms with Crippen LogP contribution in [0.1, 0.15) is 50.7 Å². The molecule has 0 spiro atoms. The fourth-order valence-corrected chi connectivity index (χ4v) is 2.73. The van der Waals surface area contributed by atoms with E-state index >= 15 is 0 Å². The van der Waals surface area contributed by atoms with Crippen LogP contribution in [0.25, 0.3) is 0 Å². The standard InChI is InChI=1S/C18H18Cl2N2O5/c1-4-26-17(24)15-14(20)16(18(25)27-5-2)22(21-15)9-13(23)11-6-7-12(19)10(3)8-11/h6-8H,4-5,9H2,1-3H3. The molecule has 0 unspecified atom stereocenters. The Bertz CT molecular complexity index is 892. The van der Waals surface area contributed by atoms with Gasteiger partial charge in [-0.2, -0.15) is 5.10 Å². The minimum atomic E-state index is -0.790. The molecule has 0 amide bonds. The Balaban J connectivity index is 2.42. The molecular weight excluding hydrogens is 395 g/mol. The van der Waals surface area contributed by atoms with E-state index in [1.165, 1.54) is 0 Å². The number of hydrogen-bond donors (Lipinski definition) is 0. The van der Waals surface area contributed by atoms with E-state index in [9.17, 15) is 14.4 Å². The molecule has 0 saturated carbocycles. The first-order valence-electron chi connectivity index (χ1n) is 8.20. The first kappa shape index (κ1) is 20.9. The first-order valence-corrected chi connectivity index (χ1v) is 8.95. The average molecular weight is 413 g/mol. The topological polar surface area (TPSA) is 87.5 Å². The monoisotopic (exact) mass is 412 g/mol. The Hall–Kier alpha value is -2.38. The molecule has 0 aliphatic rings. The zero-order valence-electron chi connectivity index (χ0n) is 15.0. The maximum atomic E-state index is 12.6. The predicted octanol–water partition coefficient (Wildman–Crippen LogP) is 3.73. The van der Waals surface area contributed by atoms with Gasteiger partial charge in [0.05, 0.1) is 13.2 Å². The van der Waals surface area contributed by atoms with Crippen molar-refractivity contribution in [2.45, 2.75) is 27.3 Å². The van der Waals surface area contributed by atoms with Crippen LogP contribution < -0.4 is 0 Å². The van der Waals surface area contributed by atoms with Gasteiger partial charge < -0.3 is 9.47 Å². The molecule has 0 radical (unpaired) electrons. The zero-order valence-corrected chi connectivity index (χ0v) is 16.6. The van der Waals surface area contributed by atoms with Crippen LogP contribution in [-0.4, -0.2) is 40.7 Å². The van der Waals surface area contributed by atoms with Gasteiger partial charge in [0.1, 0.15) is 11.6 Å². The fourth-order valence-electron chi connectivity index (χ4n) is 2.32. The minimum Gasteiger partial charge on any atom is -0.461 e. The van der Waals surface area contributed by atoms with Gasteiger partial charge in [-0.1, -0.05) is 23.2 Å². The third-order valence-electron chi connectivity index (χ3n) is 3.61. The van der Waals surface area contributed by atoms with Gasteiger partial charge in [0.15, 0.2) is 17.2 Å². The van der Waals surface area contributed by atoms with Gasteiger partial charge >= 0.3 is 11.9 Å². The number of rotatable bonds is 7. The van der Waals surface area contributed by atoms with Crippen LogP contribution in [0, 0.1) is 6.92 Å². The molecule has 0 saturated heterocycles. The van der Waals surface area contributed by atoms with E-state index in [2.05, 4.69) is 5.10 Å². The van der Waals surface area contributed by atoms with Crippen molar-refractivity contribution in [1.82, 2.24) is 9.78 Å². The normalized spacial score (nSPS) is 10.6. The molecule has 1 aromatic heterocycles. The summed E-state index contributed by atoms with van der Waals surface area (Å²) in [5.41, 5.74) is 0.692. The Morgan fingerprint density at radius 1 is 1.07 bits per heavy atom. The number of halogens is 2. The minimum absolute atomic E-state index is 0.0966. The number of ether oxygens (including phenoxy) is 2. The van der Waals surface area contributed by atoms with E-state index in [1.54, 1.807) is 39.0 Å². The second kappa shape index (κ2) is 9.01. The largest absolute Gasteiger partial charge is 0.461 e. The van der Waals surface area contributed by atoms with Crippen LogP contribution in [0.5, 0.6) is 0 Å². The van der Waals surface area contributed by atoms with Gasteiger partial charge in [-0.05, 0) is 44.5 Å². The molecule has 0 N–H and O–H groups in total. The molecule has 9 heteroatoms. The second-order valence-corrected chi connectivity index (χ2v) is 6.28. The summed E-state index contributed by atoms with van der Waals surface area (Å²) in [5.74, 6) is -1.91. The number of carbonyl (C=O) groups is 3. The van der Waals surface area contributed by atoms with Crippen LogP contribution in [0.4, 0.5) is 0 Å². The van der Waals surface area contributed by atoms with Crippen LogP contribution in [0.15, 0.2) is 18.2 Å². The highest BCUT2D eigenvalue weighted by Crippen LogP contribution is 2.24. The maximum absolute atomic E-state index is 12.6. The highest BCUT2D eigenvalue weighted by molar-refractivity contribution is 6.36. The second-order valence-electron chi connectivity index (χ2n) is 5.50. The van der Waals surface area contributed by atoms with Crippen molar-refractivity contribution in [3.05, 3.63) is 50.8 Å². The van der Waals surface area contributed by atoms with Crippen molar-refractivity contribution in [2.24, 2.45) is 0 Å². The summed E-state index contributed by atoms with van der Waals surface area (Å²) in [5, 5.41) is 4.32. The Morgan fingerprint density at radius 2 is 1.70 bits per heavy atom. The highest BCUT2D eigenvalue weighted by Gasteiger charge is 2.29. The summed E-state index contributed by atoms with van der Waals surface area (Å²) < 4.78 is 10.9. The third-order valence-corrected chi connectivity index (χ3v) is 4.39. The average Bonchev–Trinajstić information content (AvgIpc) is 2.94. The molecule has 0 bridgehead atoms. The third kappa shape index (κ3) is 4.67. The fraction of sp³-hybridized carbons (Fsp3) is 0.333. The van der Waals surface area contributed by atoms with Crippen molar-refractivity contribution < 1.29 is 23.9 Å². The van der Waals surface area contributed by atoms with E-state index in [0.717, 1.165) is 10.2 Å². The smallest absolute Gasteiger partial charge is 0.360 e. The summed E-state index contributed by atoms with van der Waals surface area (Å²) in [7, 11) is 0. The summed E-state index contributed by atoms with van der Waals surface area (Å²) >= 11 is 12.1. The lowest BCUT2D eigenvalue weighted by atomic mass is 10.1. The number of benzene rings is 1. The zero-order chi connectivity index (χ0) is 20.1. The quantitative estimate of drug-likeness (QED) is 0.508. The number of carbonyl (C=O) groups excluding carboxylic acids is 3. The van der Waals surface area contributed by atoms with Crippen LogP contribution >= 0.6 is 23.2 Å². The Labute approximate surface area is 166 Å². The molecule has 0 aliphatic carbocycles. The molecule has 27 heavy (non-hydrogen) atoms. The number of hydrogen-bond acceptors (Lipinski definition) is 6. The Morgan fingerprint density at radius 3 is 2.30 bits per heavy atom. The lowest BCUT2D eigenvalue weighted by Gasteiger charge is -2.08. The molecule has 2 rings (SSSR count). The summed E-state index contributed by atoms with van der Waals surface area (Å²) in [6.45, 7) is 4.92. The molecule has 0 atom stereocenters. The van der Waals surface area contributed by atoms with Crippen molar-refractivity contribution in [3.63, 3.8) is 0 Å². The summed E-state index contributed by atoms with van der Waals surface area (Å²) in [6, 6.07) is 4.81. The van der Waals surface area contributed by atoms with Crippen molar-refractivity contribution in [3.8, 4) is 0 Å². The van der Waals surface area contributed by atoms with Gasteiger partial charge in [0.2, 0.25) is 0 Å². The molecule has 0 aliphatic heterocycles. The highest BCUT2D eigenvalue weighted by atomic mass is 35.5. The number of esters is 2. The molecule has 2 aromatic rings. The number of ketones is 1.